The third-order valence-corrected chi connectivity index (χ3v) is 13.6. The summed E-state index contributed by atoms with van der Waals surface area (Å²) in [6.45, 7) is 2.33. The molecule has 2 aliphatic heterocycles. The van der Waals surface area contributed by atoms with Gasteiger partial charge in [0.25, 0.3) is 0 Å². The standard InChI is InChI=1S/C51H48N2/c1-3-13-35(14-4-1)47-41-19-7-8-20-42(41)48(36-15-5-2-6-16-36)51-44-29-28-39(40-21-12-22-43(49(40)44)50(47)51)34-26-24-33(25-27-34)37-17-11-18-38(31-37)45-32-53-30-10-9-23-46(53)52-45/h1-3,5,7-9,11-13,15,17-24,26,28-29,38,45-46,50-52H,4,6,10,14,16,25,27,30-32H2. The lowest BCUT2D eigenvalue weighted by Gasteiger charge is -2.34. The Morgan fingerprint density at radius 3 is 1.98 bits per heavy atom. The molecule has 0 saturated carbocycles. The van der Waals surface area contributed by atoms with E-state index in [0.717, 1.165) is 51.5 Å². The lowest BCUT2D eigenvalue weighted by atomic mass is 9.69. The summed E-state index contributed by atoms with van der Waals surface area (Å²) in [5.41, 5.74) is 15.2. The topological polar surface area (TPSA) is 15.3 Å². The number of nitrogens with zero attached hydrogens (tertiary/aromatic N) is 1. The molecule has 11 rings (SSSR count). The second-order valence-corrected chi connectivity index (χ2v) is 16.4. The highest BCUT2D eigenvalue weighted by atomic mass is 15.3. The largest absolute Gasteiger partial charge is 0.294 e. The first kappa shape index (κ1) is 31.7. The predicted octanol–water partition coefficient (Wildman–Crippen LogP) is 9.75. The van der Waals surface area contributed by atoms with Gasteiger partial charge in [-0.25, -0.2) is 0 Å². The highest BCUT2D eigenvalue weighted by molar-refractivity contribution is 6.04. The molecule has 8 aliphatic rings. The summed E-state index contributed by atoms with van der Waals surface area (Å²) in [6.07, 6.45) is 40.3. The first-order chi connectivity index (χ1) is 26.3. The summed E-state index contributed by atoms with van der Waals surface area (Å²) in [5, 5.41) is 9.77. The maximum atomic E-state index is 3.93. The van der Waals surface area contributed by atoms with Crippen molar-refractivity contribution in [3.05, 3.63) is 183 Å². The van der Waals surface area contributed by atoms with E-state index in [1.54, 1.807) is 11.1 Å². The summed E-state index contributed by atoms with van der Waals surface area (Å²) >= 11 is 0. The zero-order chi connectivity index (χ0) is 34.9. The molecule has 2 heterocycles. The highest BCUT2D eigenvalue weighted by Crippen LogP contribution is 2.58. The van der Waals surface area contributed by atoms with Crippen LogP contribution in [0.15, 0.2) is 156 Å². The molecular weight excluding hydrogens is 641 g/mol. The molecule has 1 saturated heterocycles. The number of hydrogen-bond acceptors (Lipinski definition) is 2. The van der Waals surface area contributed by atoms with Crippen molar-refractivity contribution < 1.29 is 0 Å². The molecule has 3 aromatic carbocycles. The molecule has 53 heavy (non-hydrogen) atoms. The summed E-state index contributed by atoms with van der Waals surface area (Å²) in [6, 6.07) is 22.1. The SMILES string of the molecule is C1=CCCC(C2=c3ccccc3=C(C3=CC=CCC3)C3c4ccc(C5=CC=C(C6=CC=CC(C7CN8CCC=CC8N7)C6)CC5)c5cccc(c45)C23)=C1. The van der Waals surface area contributed by atoms with Gasteiger partial charge in [-0.2, -0.15) is 0 Å². The summed E-state index contributed by atoms with van der Waals surface area (Å²) in [7, 11) is 0. The van der Waals surface area contributed by atoms with Crippen LogP contribution in [0.5, 0.6) is 0 Å². The normalized spacial score (nSPS) is 28.6. The maximum absolute atomic E-state index is 3.93. The minimum absolute atomic E-state index is 0.329. The van der Waals surface area contributed by atoms with Crippen molar-refractivity contribution in [2.75, 3.05) is 13.1 Å². The van der Waals surface area contributed by atoms with Crippen molar-refractivity contribution in [3.8, 4) is 0 Å². The van der Waals surface area contributed by atoms with Crippen molar-refractivity contribution in [2.24, 2.45) is 5.92 Å². The van der Waals surface area contributed by atoms with Crippen LogP contribution in [-0.4, -0.2) is 30.2 Å². The Morgan fingerprint density at radius 1 is 0.566 bits per heavy atom. The number of hydrogen-bond donors (Lipinski definition) is 1. The molecule has 0 bridgehead atoms. The second-order valence-electron chi connectivity index (χ2n) is 16.4. The molecule has 1 N–H and O–H groups in total. The lowest BCUT2D eigenvalue weighted by Crippen LogP contribution is -2.38. The van der Waals surface area contributed by atoms with E-state index in [-0.39, 0.29) is 0 Å². The van der Waals surface area contributed by atoms with Crippen LogP contribution in [0.2, 0.25) is 0 Å². The molecule has 0 amide bonds. The van der Waals surface area contributed by atoms with Gasteiger partial charge in [0.15, 0.2) is 0 Å². The quantitative estimate of drug-likeness (QED) is 0.269. The Labute approximate surface area is 314 Å². The number of fused-ring (bicyclic) bond motifs is 5. The molecule has 0 aromatic heterocycles. The molecule has 2 nitrogen and oxygen atoms in total. The predicted molar refractivity (Wildman–Crippen MR) is 222 cm³/mol. The van der Waals surface area contributed by atoms with Crippen LogP contribution < -0.4 is 15.8 Å². The summed E-state index contributed by atoms with van der Waals surface area (Å²) in [4.78, 5) is 2.62. The van der Waals surface area contributed by atoms with E-state index in [4.69, 9.17) is 0 Å². The molecule has 5 unspecified atom stereocenters. The van der Waals surface area contributed by atoms with Crippen LogP contribution >= 0.6 is 0 Å². The second kappa shape index (κ2) is 13.0. The fourth-order valence-electron chi connectivity index (χ4n) is 11.2. The van der Waals surface area contributed by atoms with Crippen molar-refractivity contribution >= 4 is 27.5 Å². The third-order valence-electron chi connectivity index (χ3n) is 13.6. The number of nitrogens with one attached hydrogen (secondary N) is 1. The van der Waals surface area contributed by atoms with E-state index in [0.29, 0.717) is 30.0 Å². The van der Waals surface area contributed by atoms with Gasteiger partial charge >= 0.3 is 0 Å². The molecule has 3 aromatic rings. The van der Waals surface area contributed by atoms with Crippen LogP contribution in [0.1, 0.15) is 79.9 Å². The van der Waals surface area contributed by atoms with Gasteiger partial charge in [-0.3, -0.25) is 10.2 Å². The van der Waals surface area contributed by atoms with Crippen molar-refractivity contribution in [1.29, 1.82) is 0 Å². The van der Waals surface area contributed by atoms with Gasteiger partial charge < -0.3 is 0 Å². The number of allylic oxidation sites excluding steroid dienone is 15. The van der Waals surface area contributed by atoms with E-state index in [9.17, 15) is 0 Å². The highest BCUT2D eigenvalue weighted by Gasteiger charge is 2.43. The van der Waals surface area contributed by atoms with Crippen LogP contribution in [0.4, 0.5) is 0 Å². The molecule has 5 atom stereocenters. The Bertz CT molecular complexity index is 2390. The van der Waals surface area contributed by atoms with Crippen LogP contribution in [0, 0.1) is 5.92 Å². The number of rotatable bonds is 5. The Hall–Kier alpha value is -4.76. The Kier molecular flexibility index (Phi) is 7.77. The average Bonchev–Trinajstić information content (AvgIpc) is 3.82. The average molecular weight is 689 g/mol. The van der Waals surface area contributed by atoms with Gasteiger partial charge in [0.1, 0.15) is 0 Å². The number of benzene rings is 3. The molecule has 0 spiro atoms. The molecule has 262 valence electrons. The van der Waals surface area contributed by atoms with Crippen molar-refractivity contribution in [2.45, 2.75) is 75.4 Å². The zero-order valence-electron chi connectivity index (χ0n) is 30.6. The molecule has 1 fully saturated rings. The Morgan fingerprint density at radius 2 is 1.28 bits per heavy atom. The van der Waals surface area contributed by atoms with E-state index >= 15 is 0 Å². The van der Waals surface area contributed by atoms with Gasteiger partial charge in [0, 0.05) is 31.0 Å². The first-order valence-electron chi connectivity index (χ1n) is 20.4. The van der Waals surface area contributed by atoms with Gasteiger partial charge in [0.05, 0.1) is 6.17 Å². The Balaban J connectivity index is 0.979. The van der Waals surface area contributed by atoms with Crippen molar-refractivity contribution in [3.63, 3.8) is 0 Å². The van der Waals surface area contributed by atoms with E-state index < -0.39 is 0 Å². The minimum atomic E-state index is 0.329. The van der Waals surface area contributed by atoms with E-state index in [2.05, 4.69) is 144 Å². The van der Waals surface area contributed by atoms with Crippen LogP contribution in [0.25, 0.3) is 27.5 Å². The lowest BCUT2D eigenvalue weighted by molar-refractivity contribution is 0.272. The van der Waals surface area contributed by atoms with Gasteiger partial charge in [-0.1, -0.05) is 134 Å². The summed E-state index contributed by atoms with van der Waals surface area (Å²) in [5.74, 6) is 1.21. The zero-order valence-corrected chi connectivity index (χ0v) is 30.6. The molecule has 0 radical (unpaired) electrons. The summed E-state index contributed by atoms with van der Waals surface area (Å²) < 4.78 is 0. The van der Waals surface area contributed by atoms with Crippen LogP contribution in [-0.2, 0) is 0 Å². The fraction of sp³-hybridized carbons (Fsp3) is 0.294. The monoisotopic (exact) mass is 688 g/mol. The minimum Gasteiger partial charge on any atom is -0.294 e. The van der Waals surface area contributed by atoms with Gasteiger partial charge in [0.2, 0.25) is 0 Å². The first-order valence-corrected chi connectivity index (χ1v) is 20.4. The van der Waals surface area contributed by atoms with E-state index in [1.807, 2.05) is 0 Å². The smallest absolute Gasteiger partial charge is 0.0792 e. The van der Waals surface area contributed by atoms with Crippen LogP contribution in [0.3, 0.4) is 0 Å². The van der Waals surface area contributed by atoms with E-state index in [1.165, 1.54) is 78.7 Å². The molecular formula is C51H48N2. The van der Waals surface area contributed by atoms with Gasteiger partial charge in [-0.15, -0.1) is 0 Å². The molecule has 6 aliphatic carbocycles. The maximum Gasteiger partial charge on any atom is 0.0792 e. The molecule has 2 heteroatoms. The van der Waals surface area contributed by atoms with Gasteiger partial charge in [-0.05, 0) is 134 Å². The fourth-order valence-corrected chi connectivity index (χ4v) is 11.2. The third kappa shape index (κ3) is 5.21. The van der Waals surface area contributed by atoms with Crippen molar-refractivity contribution in [1.82, 2.24) is 10.2 Å².